The molecule has 0 aliphatic heterocycles. The molecule has 2 N–H and O–H groups in total. The number of nitrogens with one attached hydrogen (secondary N) is 1. The van der Waals surface area contributed by atoms with Gasteiger partial charge in [0.05, 0.1) is 0 Å². The Morgan fingerprint density at radius 3 is 1.80 bits per heavy atom. The van der Waals surface area contributed by atoms with Gasteiger partial charge in [0.2, 0.25) is 0 Å². The van der Waals surface area contributed by atoms with Crippen molar-refractivity contribution in [3.8, 4) is 0 Å². The third-order valence-corrected chi connectivity index (χ3v) is 10.2. The summed E-state index contributed by atoms with van der Waals surface area (Å²) in [5, 5.41) is 11.5. The van der Waals surface area contributed by atoms with Crippen molar-refractivity contribution < 1.29 is 23.5 Å². The van der Waals surface area contributed by atoms with E-state index in [1.54, 1.807) is 0 Å². The largest absolute Gasteiger partial charge is 0.478 e. The number of carboxylic acids is 1. The fourth-order valence-electron chi connectivity index (χ4n) is 6.70. The van der Waals surface area contributed by atoms with E-state index < -0.39 is 17.6 Å². The Balaban J connectivity index is 0.000000484. The predicted octanol–water partition coefficient (Wildman–Crippen LogP) is 13.4. The van der Waals surface area contributed by atoms with Gasteiger partial charge in [-0.15, -0.1) is 0 Å². The summed E-state index contributed by atoms with van der Waals surface area (Å²) in [4.78, 5) is 25.5. The van der Waals surface area contributed by atoms with Gasteiger partial charge in [0.15, 0.2) is 11.6 Å². The van der Waals surface area contributed by atoms with Gasteiger partial charge >= 0.3 is 12.0 Å². The molecule has 7 heteroatoms. The van der Waals surface area contributed by atoms with Crippen molar-refractivity contribution in [1.82, 2.24) is 10.2 Å². The van der Waals surface area contributed by atoms with Crippen LogP contribution in [-0.2, 0) is 17.8 Å². The number of rotatable bonds is 17. The number of amides is 2. The lowest BCUT2D eigenvalue weighted by Gasteiger charge is -2.32. The number of nitrogens with zero attached hydrogens (tertiary/aromatic N) is 1. The maximum atomic E-state index is 13.5. The van der Waals surface area contributed by atoms with Gasteiger partial charge in [-0.1, -0.05) is 172 Å². The van der Waals surface area contributed by atoms with E-state index in [1.807, 2.05) is 59.5 Å². The minimum atomic E-state index is -0.900. The summed E-state index contributed by atoms with van der Waals surface area (Å²) in [5.41, 5.74) is 2.14. The van der Waals surface area contributed by atoms with E-state index in [-0.39, 0.29) is 24.5 Å². The van der Waals surface area contributed by atoms with Crippen molar-refractivity contribution in [2.24, 2.45) is 17.8 Å². The molecule has 1 aliphatic rings. The quantitative estimate of drug-likeness (QED) is 0.135. The second-order valence-electron chi connectivity index (χ2n) is 15.0. The van der Waals surface area contributed by atoms with Crippen LogP contribution in [0.1, 0.15) is 136 Å². The van der Waals surface area contributed by atoms with Crippen LogP contribution in [-0.4, -0.2) is 34.6 Å². The van der Waals surface area contributed by atoms with Crippen molar-refractivity contribution in [3.63, 3.8) is 0 Å². The van der Waals surface area contributed by atoms with Gasteiger partial charge in [0.25, 0.3) is 0 Å². The number of aliphatic carboxylic acids is 1. The molecule has 0 saturated heterocycles. The molecule has 1 atom stereocenters. The zero-order chi connectivity index (χ0) is 40.8. The molecule has 1 saturated carbocycles. The minimum absolute atomic E-state index is 0.155. The van der Waals surface area contributed by atoms with E-state index in [2.05, 4.69) is 65.6 Å². The molecule has 4 rings (SSSR count). The number of halogens is 2. The van der Waals surface area contributed by atoms with E-state index in [1.165, 1.54) is 43.7 Å². The van der Waals surface area contributed by atoms with E-state index in [0.717, 1.165) is 75.8 Å². The molecule has 0 aromatic heterocycles. The molecule has 0 heterocycles. The van der Waals surface area contributed by atoms with Gasteiger partial charge in [-0.3, -0.25) is 0 Å². The fourth-order valence-corrected chi connectivity index (χ4v) is 6.70. The van der Waals surface area contributed by atoms with Gasteiger partial charge in [0.1, 0.15) is 0 Å². The third-order valence-electron chi connectivity index (χ3n) is 10.2. The highest BCUT2D eigenvalue weighted by atomic mass is 19.2. The van der Waals surface area contributed by atoms with Crippen LogP contribution < -0.4 is 5.32 Å². The first kappa shape index (κ1) is 49.0. The predicted molar refractivity (Wildman–Crippen MR) is 227 cm³/mol. The molecule has 0 bridgehead atoms. The molecule has 0 radical (unpaired) electrons. The number of urea groups is 1. The van der Waals surface area contributed by atoms with Crippen LogP contribution in [0.5, 0.6) is 0 Å². The van der Waals surface area contributed by atoms with Crippen molar-refractivity contribution in [3.05, 3.63) is 120 Å². The van der Waals surface area contributed by atoms with Crippen LogP contribution in [0.25, 0.3) is 0 Å². The second-order valence-corrected chi connectivity index (χ2v) is 15.0. The molecular formula is C48H72F2N2O3. The summed E-state index contributed by atoms with van der Waals surface area (Å²) in [7, 11) is 0. The summed E-state index contributed by atoms with van der Waals surface area (Å²) < 4.78 is 26.6. The maximum Gasteiger partial charge on any atom is 0.331 e. The topological polar surface area (TPSA) is 69.6 Å². The van der Waals surface area contributed by atoms with Crippen LogP contribution >= 0.6 is 0 Å². The Morgan fingerprint density at radius 1 is 0.764 bits per heavy atom. The number of carboxylic acid groups (broad SMARTS) is 1. The molecule has 55 heavy (non-hydrogen) atoms. The lowest BCUT2D eigenvalue weighted by atomic mass is 9.84. The first-order chi connectivity index (χ1) is 26.5. The Kier molecular flexibility index (Phi) is 27.0. The summed E-state index contributed by atoms with van der Waals surface area (Å²) in [6.07, 6.45) is 15.9. The van der Waals surface area contributed by atoms with E-state index >= 15 is 0 Å². The Labute approximate surface area is 333 Å². The van der Waals surface area contributed by atoms with Crippen LogP contribution in [0, 0.1) is 29.4 Å². The van der Waals surface area contributed by atoms with Crippen LogP contribution in [0.2, 0.25) is 0 Å². The first-order valence-corrected chi connectivity index (χ1v) is 20.9. The molecular weight excluding hydrogens is 691 g/mol. The highest BCUT2D eigenvalue weighted by Gasteiger charge is 2.23. The van der Waals surface area contributed by atoms with Crippen molar-refractivity contribution in [2.45, 2.75) is 144 Å². The number of carbonyl (C=O) groups is 2. The van der Waals surface area contributed by atoms with Crippen molar-refractivity contribution in [2.75, 3.05) is 6.54 Å². The van der Waals surface area contributed by atoms with Crippen LogP contribution in [0.3, 0.4) is 0 Å². The van der Waals surface area contributed by atoms with E-state index in [4.69, 9.17) is 5.11 Å². The van der Waals surface area contributed by atoms with Gasteiger partial charge in [-0.25, -0.2) is 18.4 Å². The third kappa shape index (κ3) is 22.2. The monoisotopic (exact) mass is 763 g/mol. The number of hydrogen-bond donors (Lipinski definition) is 2. The Bertz CT molecular complexity index is 1400. The standard InChI is InChI=1S/C25H34F2N2O.C9H14O2.C8H18.C6H6/c1-4-8-22(13-11-19(2)3)29(16-15-20-9-6-5-7-10-20)25(30)28-18-21-12-14-23(26)24(27)17-21;1-7(9(10)11)8-5-3-2-4-6-8;1-4-7-8(5-2)6-3;1-2-4-6-5-3-1/h5-7,9-10,12,14,17,19,22H,4,8,11,13,15-16,18H2,1-3H3,(H,28,30);8H,1-6H2,(H,10,11);8H,4-7H2,1-3H3;1-6H. The van der Waals surface area contributed by atoms with Crippen LogP contribution in [0.15, 0.2) is 97.1 Å². The lowest BCUT2D eigenvalue weighted by molar-refractivity contribution is -0.133. The lowest BCUT2D eigenvalue weighted by Crippen LogP contribution is -2.47. The van der Waals surface area contributed by atoms with E-state index in [0.29, 0.717) is 23.6 Å². The average molecular weight is 763 g/mol. The highest BCUT2D eigenvalue weighted by Crippen LogP contribution is 2.28. The molecule has 306 valence electrons. The first-order valence-electron chi connectivity index (χ1n) is 20.9. The Hall–Kier alpha value is -4.00. The van der Waals surface area contributed by atoms with Gasteiger partial charge in [0, 0.05) is 24.7 Å². The number of benzene rings is 3. The molecule has 1 aliphatic carbocycles. The number of hydrogen-bond acceptors (Lipinski definition) is 2. The SMILES string of the molecule is C=C(C(=O)O)C1CCCCC1.CCCC(CC)CC.CCCC(CCC(C)C)N(CCc1ccccc1)C(=O)NCc1ccc(F)c(F)c1.c1ccccc1. The average Bonchev–Trinajstić information content (AvgIpc) is 3.21. The fraction of sp³-hybridized carbons (Fsp3) is 0.542. The van der Waals surface area contributed by atoms with Crippen LogP contribution in [0.4, 0.5) is 13.6 Å². The summed E-state index contributed by atoms with van der Waals surface area (Å²) in [6, 6.07) is 25.9. The molecule has 2 amide bonds. The highest BCUT2D eigenvalue weighted by molar-refractivity contribution is 5.86. The van der Waals surface area contributed by atoms with Gasteiger partial charge < -0.3 is 15.3 Å². The van der Waals surface area contributed by atoms with Crippen molar-refractivity contribution >= 4 is 12.0 Å². The number of carbonyl (C=O) groups excluding carboxylic acids is 1. The maximum absolute atomic E-state index is 13.5. The van der Waals surface area contributed by atoms with E-state index in [9.17, 15) is 18.4 Å². The smallest absolute Gasteiger partial charge is 0.331 e. The normalized spacial score (nSPS) is 12.9. The van der Waals surface area contributed by atoms with Crippen molar-refractivity contribution in [1.29, 1.82) is 0 Å². The molecule has 1 fully saturated rings. The molecule has 1 unspecified atom stereocenters. The summed E-state index contributed by atoms with van der Waals surface area (Å²) in [6.45, 7) is 17.7. The van der Waals surface area contributed by atoms with Gasteiger partial charge in [-0.2, -0.15) is 0 Å². The molecule has 3 aromatic rings. The molecule has 5 nitrogen and oxygen atoms in total. The minimum Gasteiger partial charge on any atom is -0.478 e. The summed E-state index contributed by atoms with van der Waals surface area (Å²) in [5.74, 6) is -0.779. The zero-order valence-corrected chi connectivity index (χ0v) is 34.9. The van der Waals surface area contributed by atoms with Gasteiger partial charge in [-0.05, 0) is 79.5 Å². The Morgan fingerprint density at radius 2 is 1.33 bits per heavy atom. The molecule has 3 aromatic carbocycles. The zero-order valence-electron chi connectivity index (χ0n) is 34.9. The second kappa shape index (κ2) is 30.2. The summed E-state index contributed by atoms with van der Waals surface area (Å²) >= 11 is 0. The molecule has 0 spiro atoms.